The summed E-state index contributed by atoms with van der Waals surface area (Å²) < 4.78 is 0. The zero-order chi connectivity index (χ0) is 16.3. The van der Waals surface area contributed by atoms with Crippen LogP contribution in [0.15, 0.2) is 65.7 Å². The van der Waals surface area contributed by atoms with Crippen LogP contribution in [-0.4, -0.2) is 29.6 Å². The van der Waals surface area contributed by atoms with Crippen LogP contribution in [0.5, 0.6) is 0 Å². The third kappa shape index (κ3) is 3.57. The van der Waals surface area contributed by atoms with Crippen LogP contribution >= 0.6 is 0 Å². The van der Waals surface area contributed by atoms with Crippen LogP contribution in [0, 0.1) is 0 Å². The monoisotopic (exact) mass is 309 g/mol. The maximum absolute atomic E-state index is 12.2. The third-order valence-corrected chi connectivity index (χ3v) is 3.55. The molecule has 0 saturated carbocycles. The molecule has 0 bridgehead atoms. The van der Waals surface area contributed by atoms with E-state index in [2.05, 4.69) is 10.3 Å². The lowest BCUT2D eigenvalue weighted by Crippen LogP contribution is -2.32. The first-order valence-electron chi connectivity index (χ1n) is 7.49. The Kier molecular flexibility index (Phi) is 4.12. The van der Waals surface area contributed by atoms with E-state index in [4.69, 9.17) is 4.84 Å². The average molecular weight is 309 g/mol. The molecule has 0 fully saturated rings. The van der Waals surface area contributed by atoms with Crippen LogP contribution in [0.1, 0.15) is 18.9 Å². The summed E-state index contributed by atoms with van der Waals surface area (Å²) in [5, 5.41) is 4.47. The fourth-order valence-corrected chi connectivity index (χ4v) is 2.58. The maximum Gasteiger partial charge on any atom is 0.229 e. The number of aliphatic imine (C=N–C) groups is 1. The number of para-hydroxylation sites is 1. The van der Waals surface area contributed by atoms with E-state index in [9.17, 15) is 4.79 Å². The molecule has 118 valence electrons. The number of benzene rings is 2. The molecule has 0 spiro atoms. The molecule has 2 aromatic rings. The number of nitrogens with zero attached hydrogens (tertiary/aromatic N) is 2. The van der Waals surface area contributed by atoms with Gasteiger partial charge in [-0.1, -0.05) is 48.5 Å². The Morgan fingerprint density at radius 2 is 1.74 bits per heavy atom. The molecule has 0 aliphatic carbocycles. The van der Waals surface area contributed by atoms with Gasteiger partial charge >= 0.3 is 0 Å². The molecule has 3 rings (SSSR count). The number of amides is 1. The molecular formula is C18H19N3O2. The van der Waals surface area contributed by atoms with Gasteiger partial charge in [-0.3, -0.25) is 4.79 Å². The first-order valence-corrected chi connectivity index (χ1v) is 7.49. The highest BCUT2D eigenvalue weighted by Gasteiger charge is 2.37. The van der Waals surface area contributed by atoms with Crippen LogP contribution in [-0.2, 0) is 9.63 Å². The third-order valence-electron chi connectivity index (χ3n) is 3.55. The fraction of sp³-hybridized carbons (Fsp3) is 0.222. The molecule has 1 unspecified atom stereocenters. The Morgan fingerprint density at radius 1 is 1.13 bits per heavy atom. The van der Waals surface area contributed by atoms with Crippen molar-refractivity contribution in [2.45, 2.75) is 19.1 Å². The van der Waals surface area contributed by atoms with Crippen LogP contribution in [0.4, 0.5) is 5.69 Å². The SMILES string of the molecule is CN1OC(C)(CC(=O)Nc2ccccc2)N=C1c1ccccc1. The summed E-state index contributed by atoms with van der Waals surface area (Å²) in [6.07, 6.45) is 0.141. The molecule has 1 amide bonds. The summed E-state index contributed by atoms with van der Waals surface area (Å²) >= 11 is 0. The van der Waals surface area contributed by atoms with Crippen molar-refractivity contribution >= 4 is 17.4 Å². The minimum absolute atomic E-state index is 0.134. The first kappa shape index (κ1) is 15.2. The first-order chi connectivity index (χ1) is 11.1. The molecule has 23 heavy (non-hydrogen) atoms. The van der Waals surface area contributed by atoms with E-state index in [1.807, 2.05) is 67.6 Å². The fourth-order valence-electron chi connectivity index (χ4n) is 2.58. The Labute approximate surface area is 135 Å². The van der Waals surface area contributed by atoms with Gasteiger partial charge in [0.05, 0.1) is 6.42 Å². The largest absolute Gasteiger partial charge is 0.326 e. The van der Waals surface area contributed by atoms with Crippen LogP contribution in [0.25, 0.3) is 0 Å². The van der Waals surface area contributed by atoms with Gasteiger partial charge in [-0.2, -0.15) is 0 Å². The van der Waals surface area contributed by atoms with Gasteiger partial charge in [0.25, 0.3) is 0 Å². The van der Waals surface area contributed by atoms with Gasteiger partial charge in [0, 0.05) is 18.3 Å². The lowest BCUT2D eigenvalue weighted by atomic mass is 10.1. The number of hydrogen-bond donors (Lipinski definition) is 1. The highest BCUT2D eigenvalue weighted by Crippen LogP contribution is 2.28. The molecule has 1 aliphatic rings. The Bertz CT molecular complexity index is 716. The second kappa shape index (κ2) is 6.22. The van der Waals surface area contributed by atoms with Crippen molar-refractivity contribution < 1.29 is 9.63 Å². The summed E-state index contributed by atoms with van der Waals surface area (Å²) in [6.45, 7) is 1.81. The molecule has 0 saturated heterocycles. The molecule has 0 aromatic heterocycles. The van der Waals surface area contributed by atoms with E-state index in [-0.39, 0.29) is 12.3 Å². The number of rotatable bonds is 4. The molecule has 1 aliphatic heterocycles. The lowest BCUT2D eigenvalue weighted by molar-refractivity contribution is -0.164. The number of carbonyl (C=O) groups is 1. The molecule has 5 heteroatoms. The Balaban J connectivity index is 1.72. The normalized spacial score (nSPS) is 20.3. The van der Waals surface area contributed by atoms with Gasteiger partial charge in [0.2, 0.25) is 5.91 Å². The predicted molar refractivity (Wildman–Crippen MR) is 89.9 cm³/mol. The minimum Gasteiger partial charge on any atom is -0.326 e. The second-order valence-corrected chi connectivity index (χ2v) is 5.66. The number of carbonyl (C=O) groups excluding carboxylic acids is 1. The second-order valence-electron chi connectivity index (χ2n) is 5.66. The van der Waals surface area contributed by atoms with Gasteiger partial charge in [0.1, 0.15) is 0 Å². The highest BCUT2D eigenvalue weighted by atomic mass is 16.7. The summed E-state index contributed by atoms with van der Waals surface area (Å²) in [4.78, 5) is 22.6. The van der Waals surface area contributed by atoms with Crippen LogP contribution in [0.3, 0.4) is 0 Å². The van der Waals surface area contributed by atoms with Crippen molar-refractivity contribution in [2.75, 3.05) is 12.4 Å². The van der Waals surface area contributed by atoms with Crippen LogP contribution in [0.2, 0.25) is 0 Å². The maximum atomic E-state index is 12.2. The van der Waals surface area contributed by atoms with Crippen molar-refractivity contribution in [3.05, 3.63) is 66.2 Å². The van der Waals surface area contributed by atoms with Crippen molar-refractivity contribution in [3.8, 4) is 0 Å². The van der Waals surface area contributed by atoms with Crippen molar-refractivity contribution in [1.82, 2.24) is 5.06 Å². The highest BCUT2D eigenvalue weighted by molar-refractivity contribution is 5.99. The van der Waals surface area contributed by atoms with E-state index in [1.54, 1.807) is 12.1 Å². The van der Waals surface area contributed by atoms with Gasteiger partial charge in [-0.25, -0.2) is 14.9 Å². The Hall–Kier alpha value is -2.66. The van der Waals surface area contributed by atoms with Gasteiger partial charge < -0.3 is 5.32 Å². The van der Waals surface area contributed by atoms with E-state index in [0.717, 1.165) is 17.1 Å². The van der Waals surface area contributed by atoms with Gasteiger partial charge in [-0.05, 0) is 19.1 Å². The summed E-state index contributed by atoms with van der Waals surface area (Å²) in [5.74, 6) is 0.589. The molecule has 2 aromatic carbocycles. The van der Waals surface area contributed by atoms with Gasteiger partial charge in [-0.15, -0.1) is 0 Å². The van der Waals surface area contributed by atoms with E-state index in [0.29, 0.717) is 0 Å². The summed E-state index contributed by atoms with van der Waals surface area (Å²) in [7, 11) is 1.80. The molecule has 1 heterocycles. The van der Waals surface area contributed by atoms with Gasteiger partial charge in [0.15, 0.2) is 11.6 Å². The van der Waals surface area contributed by atoms with Crippen LogP contribution < -0.4 is 5.32 Å². The lowest BCUT2D eigenvalue weighted by Gasteiger charge is -2.21. The molecule has 1 N–H and O–H groups in total. The summed E-state index contributed by atoms with van der Waals surface area (Å²) in [5.41, 5.74) is 0.820. The van der Waals surface area contributed by atoms with E-state index in [1.165, 1.54) is 0 Å². The minimum atomic E-state index is -0.904. The topological polar surface area (TPSA) is 53.9 Å². The average Bonchev–Trinajstić information content (AvgIpc) is 2.83. The standard InChI is InChI=1S/C18H19N3O2/c1-18(13-16(22)19-15-11-7-4-8-12-15)20-17(21(2)23-18)14-9-5-3-6-10-14/h3-12H,13H2,1-2H3,(H,19,22). The number of anilines is 1. The quantitative estimate of drug-likeness (QED) is 0.944. The molecule has 1 atom stereocenters. The van der Waals surface area contributed by atoms with E-state index < -0.39 is 5.72 Å². The van der Waals surface area contributed by atoms with E-state index >= 15 is 0 Å². The van der Waals surface area contributed by atoms with Crippen molar-refractivity contribution in [2.24, 2.45) is 4.99 Å². The number of amidine groups is 1. The van der Waals surface area contributed by atoms with Crippen molar-refractivity contribution in [3.63, 3.8) is 0 Å². The molecule has 5 nitrogen and oxygen atoms in total. The zero-order valence-electron chi connectivity index (χ0n) is 13.2. The smallest absolute Gasteiger partial charge is 0.229 e. The van der Waals surface area contributed by atoms with Crippen molar-refractivity contribution in [1.29, 1.82) is 0 Å². The molecular weight excluding hydrogens is 290 g/mol. The number of nitrogens with one attached hydrogen (secondary N) is 1. The zero-order valence-corrected chi connectivity index (χ0v) is 13.2. The summed E-state index contributed by atoms with van der Waals surface area (Å²) in [6, 6.07) is 19.1. The number of hydroxylamine groups is 2. The molecule has 0 radical (unpaired) electrons. The Morgan fingerprint density at radius 3 is 2.39 bits per heavy atom. The predicted octanol–water partition coefficient (Wildman–Crippen LogP) is 3.06. The number of hydrogen-bond acceptors (Lipinski definition) is 4.